The number of amides is 4. The van der Waals surface area contributed by atoms with Gasteiger partial charge in [-0.05, 0) is 66.1 Å². The van der Waals surface area contributed by atoms with Gasteiger partial charge in [0.15, 0.2) is 0 Å². The number of nitro benzene ring substituents is 2. The third-order valence-corrected chi connectivity index (χ3v) is 10.1. The molecule has 2 heterocycles. The van der Waals surface area contributed by atoms with Crippen LogP contribution in [0.3, 0.4) is 0 Å². The number of nitro groups is 2. The molecule has 0 saturated carbocycles. The highest BCUT2D eigenvalue weighted by Crippen LogP contribution is 2.36. The van der Waals surface area contributed by atoms with E-state index in [2.05, 4.69) is 0 Å². The fourth-order valence-corrected chi connectivity index (χ4v) is 7.43. The topological polar surface area (TPSA) is 161 Å². The van der Waals surface area contributed by atoms with Gasteiger partial charge in [-0.15, -0.1) is 23.5 Å². The second kappa shape index (κ2) is 13.2. The maximum absolute atomic E-state index is 13.1. The average Bonchev–Trinajstić information content (AvgIpc) is 3.50. The summed E-state index contributed by atoms with van der Waals surface area (Å²) in [7, 11) is 0. The molecule has 0 aromatic heterocycles. The Morgan fingerprint density at radius 1 is 0.553 bits per heavy atom. The van der Waals surface area contributed by atoms with Gasteiger partial charge in [0.2, 0.25) is 23.6 Å². The molecule has 47 heavy (non-hydrogen) atoms. The predicted octanol–water partition coefficient (Wildman–Crippen LogP) is 5.94. The molecule has 0 unspecified atom stereocenters. The van der Waals surface area contributed by atoms with Gasteiger partial charge in [0, 0.05) is 46.9 Å². The van der Waals surface area contributed by atoms with E-state index < -0.39 is 20.3 Å². The second-order valence-corrected chi connectivity index (χ2v) is 13.3. The number of thioether (sulfide) groups is 2. The summed E-state index contributed by atoms with van der Waals surface area (Å²) < 4.78 is 0. The molecule has 2 aliphatic rings. The Bertz CT molecular complexity index is 1760. The molecular weight excluding hydrogens is 645 g/mol. The first-order chi connectivity index (χ1) is 22.6. The molecule has 4 aromatic rings. The normalized spacial score (nSPS) is 17.9. The summed E-state index contributed by atoms with van der Waals surface area (Å²) in [6.45, 7) is 0. The standard InChI is InChI=1S/C33H24N4O8S2/c38-30-18-28(46-26-13-9-24(10-14-26)36(42)43)32(40)34(30)22-5-1-20(2-6-22)17-21-3-7-23(8-4-21)35-31(39)19-29(33(35)41)47-27-15-11-25(12-16-27)37(44)45/h1-16,28-29H,17-19H2/t28-,29-/m1/s1. The van der Waals surface area contributed by atoms with Gasteiger partial charge in [-0.25, -0.2) is 9.80 Å². The number of non-ortho nitro benzene ring substituents is 2. The summed E-state index contributed by atoms with van der Waals surface area (Å²) in [6.07, 6.45) is 0.571. The predicted molar refractivity (Wildman–Crippen MR) is 175 cm³/mol. The highest BCUT2D eigenvalue weighted by molar-refractivity contribution is 8.01. The minimum absolute atomic E-state index is 0.0209. The van der Waals surface area contributed by atoms with Gasteiger partial charge in [0.1, 0.15) is 0 Å². The number of anilines is 2. The largest absolute Gasteiger partial charge is 0.274 e. The van der Waals surface area contributed by atoms with Gasteiger partial charge >= 0.3 is 0 Å². The van der Waals surface area contributed by atoms with Crippen LogP contribution in [0.1, 0.15) is 24.0 Å². The highest BCUT2D eigenvalue weighted by atomic mass is 32.2. The van der Waals surface area contributed by atoms with Crippen molar-refractivity contribution in [3.8, 4) is 0 Å². The third-order valence-electron chi connectivity index (χ3n) is 7.66. The summed E-state index contributed by atoms with van der Waals surface area (Å²) in [5, 5.41) is 20.5. The Balaban J connectivity index is 1.06. The Morgan fingerprint density at radius 3 is 1.21 bits per heavy atom. The van der Waals surface area contributed by atoms with Crippen LogP contribution in [0.25, 0.3) is 0 Å². The maximum Gasteiger partial charge on any atom is 0.269 e. The van der Waals surface area contributed by atoms with Gasteiger partial charge < -0.3 is 0 Å². The zero-order chi connectivity index (χ0) is 33.2. The number of carbonyl (C=O) groups excluding carboxylic acids is 4. The lowest BCUT2D eigenvalue weighted by Gasteiger charge is -2.16. The molecule has 6 rings (SSSR count). The molecule has 2 fully saturated rings. The van der Waals surface area contributed by atoms with Crippen molar-refractivity contribution >= 4 is 69.9 Å². The van der Waals surface area contributed by atoms with Crippen LogP contribution in [0.4, 0.5) is 22.7 Å². The van der Waals surface area contributed by atoms with Gasteiger partial charge in [-0.1, -0.05) is 24.3 Å². The van der Waals surface area contributed by atoms with Gasteiger partial charge in [0.25, 0.3) is 11.4 Å². The van der Waals surface area contributed by atoms with Crippen LogP contribution >= 0.6 is 23.5 Å². The van der Waals surface area contributed by atoms with Crippen LogP contribution in [-0.2, 0) is 25.6 Å². The van der Waals surface area contributed by atoms with Crippen molar-refractivity contribution in [3.05, 3.63) is 128 Å². The first kappa shape index (κ1) is 31.6. The van der Waals surface area contributed by atoms with Crippen LogP contribution in [0.5, 0.6) is 0 Å². The molecule has 0 radical (unpaired) electrons. The fourth-order valence-electron chi connectivity index (χ4n) is 5.32. The van der Waals surface area contributed by atoms with Crippen molar-refractivity contribution in [1.82, 2.24) is 0 Å². The molecule has 14 heteroatoms. The molecule has 0 bridgehead atoms. The van der Waals surface area contributed by atoms with Crippen LogP contribution in [0, 0.1) is 20.2 Å². The Morgan fingerprint density at radius 2 is 0.894 bits per heavy atom. The Hall–Kier alpha value is -5.34. The van der Waals surface area contributed by atoms with Crippen molar-refractivity contribution in [2.45, 2.75) is 39.6 Å². The quantitative estimate of drug-likeness (QED) is 0.112. The first-order valence-electron chi connectivity index (χ1n) is 14.3. The molecule has 236 valence electrons. The average molecular weight is 669 g/mol. The van der Waals surface area contributed by atoms with Crippen LogP contribution in [0.15, 0.2) is 107 Å². The highest BCUT2D eigenvalue weighted by Gasteiger charge is 2.41. The van der Waals surface area contributed by atoms with E-state index in [4.69, 9.17) is 0 Å². The van der Waals surface area contributed by atoms with Gasteiger partial charge in [-0.2, -0.15) is 0 Å². The molecule has 2 aliphatic heterocycles. The van der Waals surface area contributed by atoms with Crippen molar-refractivity contribution in [2.75, 3.05) is 9.80 Å². The van der Waals surface area contributed by atoms with Crippen LogP contribution in [-0.4, -0.2) is 44.0 Å². The number of benzene rings is 4. The Kier molecular flexibility index (Phi) is 8.87. The third kappa shape index (κ3) is 6.78. The lowest BCUT2D eigenvalue weighted by molar-refractivity contribution is -0.385. The molecule has 0 spiro atoms. The number of carbonyl (C=O) groups is 4. The summed E-state index contributed by atoms with van der Waals surface area (Å²) in [6, 6.07) is 25.8. The number of hydrogen-bond donors (Lipinski definition) is 0. The minimum Gasteiger partial charge on any atom is -0.274 e. The van der Waals surface area contributed by atoms with E-state index in [-0.39, 0.29) is 47.8 Å². The van der Waals surface area contributed by atoms with E-state index in [9.17, 15) is 39.4 Å². The number of rotatable bonds is 10. The number of imide groups is 2. The summed E-state index contributed by atoms with van der Waals surface area (Å²) in [5.74, 6) is -1.34. The molecule has 12 nitrogen and oxygen atoms in total. The summed E-state index contributed by atoms with van der Waals surface area (Å²) in [4.78, 5) is 76.2. The monoisotopic (exact) mass is 668 g/mol. The minimum atomic E-state index is -0.632. The fraction of sp³-hybridized carbons (Fsp3) is 0.152. The van der Waals surface area contributed by atoms with E-state index in [1.54, 1.807) is 48.5 Å². The molecule has 2 saturated heterocycles. The van der Waals surface area contributed by atoms with E-state index in [0.717, 1.165) is 11.1 Å². The van der Waals surface area contributed by atoms with Crippen molar-refractivity contribution in [2.24, 2.45) is 0 Å². The lowest BCUT2D eigenvalue weighted by Crippen LogP contribution is -2.31. The smallest absolute Gasteiger partial charge is 0.269 e. The van der Waals surface area contributed by atoms with Crippen molar-refractivity contribution in [1.29, 1.82) is 0 Å². The maximum atomic E-state index is 13.1. The molecule has 2 atom stereocenters. The molecule has 0 aliphatic carbocycles. The van der Waals surface area contributed by atoms with Crippen LogP contribution < -0.4 is 9.80 Å². The van der Waals surface area contributed by atoms with Crippen molar-refractivity contribution in [3.63, 3.8) is 0 Å². The van der Waals surface area contributed by atoms with E-state index in [0.29, 0.717) is 27.6 Å². The van der Waals surface area contributed by atoms with E-state index in [1.165, 1.54) is 57.6 Å². The molecule has 0 N–H and O–H groups in total. The van der Waals surface area contributed by atoms with Gasteiger partial charge in [0.05, 0.1) is 31.7 Å². The molecular formula is C33H24N4O8S2. The van der Waals surface area contributed by atoms with Crippen LogP contribution in [0.2, 0.25) is 0 Å². The van der Waals surface area contributed by atoms with E-state index >= 15 is 0 Å². The lowest BCUT2D eigenvalue weighted by atomic mass is 10.0. The summed E-state index contributed by atoms with van der Waals surface area (Å²) >= 11 is 2.39. The Labute approximate surface area is 276 Å². The second-order valence-electron chi connectivity index (χ2n) is 10.8. The van der Waals surface area contributed by atoms with Gasteiger partial charge in [-0.3, -0.25) is 39.4 Å². The zero-order valence-corrected chi connectivity index (χ0v) is 26.0. The number of hydrogen-bond acceptors (Lipinski definition) is 10. The van der Waals surface area contributed by atoms with E-state index in [1.807, 2.05) is 24.3 Å². The summed E-state index contributed by atoms with van der Waals surface area (Å²) in [5.41, 5.74) is 2.65. The first-order valence-corrected chi connectivity index (χ1v) is 16.1. The zero-order valence-electron chi connectivity index (χ0n) is 24.4. The molecule has 4 amide bonds. The van der Waals surface area contributed by atoms with Crippen molar-refractivity contribution < 1.29 is 29.0 Å². The SMILES string of the molecule is O=C1C[C@@H](Sc2ccc([N+](=O)[O-])cc2)C(=O)N1c1ccc(Cc2ccc(N3C(=O)C[C@@H](Sc4ccc([N+](=O)[O-])cc4)C3=O)cc2)cc1. The molecule has 4 aromatic carbocycles. The number of nitrogens with zero attached hydrogens (tertiary/aromatic N) is 4.